The van der Waals surface area contributed by atoms with Gasteiger partial charge in [0.2, 0.25) is 0 Å². The molecule has 1 aromatic carbocycles. The van der Waals surface area contributed by atoms with E-state index in [2.05, 4.69) is 31.0 Å². The van der Waals surface area contributed by atoms with Gasteiger partial charge in [-0.2, -0.15) is 0 Å². The highest BCUT2D eigenvalue weighted by Gasteiger charge is 2.32. The average molecular weight is 335 g/mol. The van der Waals surface area contributed by atoms with Crippen LogP contribution >= 0.6 is 0 Å². The lowest BCUT2D eigenvalue weighted by Gasteiger charge is -2.37. The molecule has 2 rings (SSSR count). The largest absolute Gasteiger partial charge is 0.496 e. The average Bonchev–Trinajstić information content (AvgIpc) is 2.61. The second kappa shape index (κ2) is 8.38. The van der Waals surface area contributed by atoms with Crippen molar-refractivity contribution in [3.63, 3.8) is 0 Å². The number of rotatable bonds is 6. The summed E-state index contributed by atoms with van der Waals surface area (Å²) in [5.74, 6) is 2.11. The maximum absolute atomic E-state index is 11.8. The molecule has 0 saturated carbocycles. The van der Waals surface area contributed by atoms with Gasteiger partial charge in [-0.1, -0.05) is 6.92 Å². The number of nitrogens with zero attached hydrogens (tertiary/aromatic N) is 1. The molecular formula is C19H29NO4. The highest BCUT2D eigenvalue weighted by atomic mass is 16.5. The summed E-state index contributed by atoms with van der Waals surface area (Å²) in [5, 5.41) is 0. The van der Waals surface area contributed by atoms with E-state index in [9.17, 15) is 4.79 Å². The smallest absolute Gasteiger partial charge is 0.305 e. The fourth-order valence-corrected chi connectivity index (χ4v) is 3.65. The van der Waals surface area contributed by atoms with Crippen molar-refractivity contribution in [1.82, 2.24) is 4.90 Å². The lowest BCUT2D eigenvalue weighted by atomic mass is 9.78. The van der Waals surface area contributed by atoms with E-state index in [0.29, 0.717) is 6.42 Å². The fourth-order valence-electron chi connectivity index (χ4n) is 3.65. The molecule has 0 spiro atoms. The van der Waals surface area contributed by atoms with E-state index >= 15 is 0 Å². The van der Waals surface area contributed by atoms with Crippen molar-refractivity contribution in [1.29, 1.82) is 0 Å². The number of hydrogen-bond donors (Lipinski definition) is 0. The molecule has 1 fully saturated rings. The molecule has 1 aromatic rings. The van der Waals surface area contributed by atoms with Gasteiger partial charge in [0.05, 0.1) is 21.3 Å². The van der Waals surface area contributed by atoms with E-state index in [1.54, 1.807) is 14.2 Å². The fraction of sp³-hybridized carbons (Fsp3) is 0.632. The molecule has 134 valence electrons. The monoisotopic (exact) mass is 335 g/mol. The van der Waals surface area contributed by atoms with Crippen molar-refractivity contribution in [2.75, 3.05) is 41.5 Å². The van der Waals surface area contributed by atoms with Crippen molar-refractivity contribution in [2.24, 2.45) is 5.92 Å². The Bertz CT molecular complexity index is 547. The standard InChI is InChI=1S/C19H29NO4/c1-6-15-17(22-3)9-14(10-18(15)23-4)16-12-20(2)8-7-13(16)11-19(21)24-5/h9-10,13,16H,6-8,11-12H2,1-5H3/t13-,16+/m1/s1. The van der Waals surface area contributed by atoms with Gasteiger partial charge in [0, 0.05) is 24.4 Å². The van der Waals surface area contributed by atoms with Crippen LogP contribution in [0.5, 0.6) is 11.5 Å². The number of likely N-dealkylation sites (tertiary alicyclic amines) is 1. The Kier molecular flexibility index (Phi) is 6.49. The normalized spacial score (nSPS) is 21.4. The van der Waals surface area contributed by atoms with Gasteiger partial charge in [-0.25, -0.2) is 0 Å². The Morgan fingerprint density at radius 3 is 2.33 bits per heavy atom. The van der Waals surface area contributed by atoms with Gasteiger partial charge in [0.1, 0.15) is 11.5 Å². The van der Waals surface area contributed by atoms with Crippen LogP contribution in [0, 0.1) is 5.92 Å². The van der Waals surface area contributed by atoms with Crippen LogP contribution in [-0.4, -0.2) is 52.3 Å². The van der Waals surface area contributed by atoms with Gasteiger partial charge in [0.25, 0.3) is 0 Å². The van der Waals surface area contributed by atoms with Gasteiger partial charge in [-0.3, -0.25) is 4.79 Å². The van der Waals surface area contributed by atoms with Gasteiger partial charge < -0.3 is 19.1 Å². The topological polar surface area (TPSA) is 48.0 Å². The molecule has 0 amide bonds. The maximum atomic E-state index is 11.8. The number of piperidine rings is 1. The van der Waals surface area contributed by atoms with Crippen LogP contribution in [0.4, 0.5) is 0 Å². The van der Waals surface area contributed by atoms with Gasteiger partial charge in [-0.15, -0.1) is 0 Å². The number of esters is 1. The summed E-state index contributed by atoms with van der Waals surface area (Å²) >= 11 is 0. The molecule has 0 aliphatic carbocycles. The first-order valence-electron chi connectivity index (χ1n) is 8.54. The molecule has 0 aromatic heterocycles. The first-order valence-corrected chi connectivity index (χ1v) is 8.54. The summed E-state index contributed by atoms with van der Waals surface area (Å²) in [4.78, 5) is 14.1. The molecule has 2 atom stereocenters. The maximum Gasteiger partial charge on any atom is 0.305 e. The summed E-state index contributed by atoms with van der Waals surface area (Å²) in [7, 11) is 6.96. The second-order valence-corrected chi connectivity index (χ2v) is 6.46. The molecule has 0 unspecified atom stereocenters. The summed E-state index contributed by atoms with van der Waals surface area (Å²) in [6.45, 7) is 4.01. The van der Waals surface area contributed by atoms with Crippen LogP contribution < -0.4 is 9.47 Å². The van der Waals surface area contributed by atoms with Crippen LogP contribution in [-0.2, 0) is 16.0 Å². The Balaban J connectivity index is 2.39. The molecule has 5 nitrogen and oxygen atoms in total. The molecule has 1 heterocycles. The summed E-state index contributed by atoms with van der Waals surface area (Å²) < 4.78 is 16.1. The molecule has 0 N–H and O–H groups in total. The van der Waals surface area contributed by atoms with Crippen LogP contribution in [0.15, 0.2) is 12.1 Å². The molecule has 1 aliphatic heterocycles. The minimum atomic E-state index is -0.140. The Morgan fingerprint density at radius 1 is 1.21 bits per heavy atom. The molecule has 24 heavy (non-hydrogen) atoms. The van der Waals surface area contributed by atoms with Crippen molar-refractivity contribution in [3.05, 3.63) is 23.3 Å². The molecule has 0 bridgehead atoms. The Labute approximate surface area is 144 Å². The zero-order valence-corrected chi connectivity index (χ0v) is 15.4. The van der Waals surface area contributed by atoms with E-state index in [0.717, 1.165) is 43.0 Å². The zero-order chi connectivity index (χ0) is 17.7. The quantitative estimate of drug-likeness (QED) is 0.748. The minimum Gasteiger partial charge on any atom is -0.496 e. The van der Waals surface area contributed by atoms with Crippen molar-refractivity contribution >= 4 is 5.97 Å². The number of carbonyl (C=O) groups excluding carboxylic acids is 1. The predicted octanol–water partition coefficient (Wildman–Crippen LogP) is 2.86. The molecule has 1 saturated heterocycles. The summed E-state index contributed by atoms with van der Waals surface area (Å²) in [6.07, 6.45) is 2.29. The summed E-state index contributed by atoms with van der Waals surface area (Å²) in [5.41, 5.74) is 2.25. The third-order valence-corrected chi connectivity index (χ3v) is 5.03. The predicted molar refractivity (Wildman–Crippen MR) is 93.9 cm³/mol. The molecular weight excluding hydrogens is 306 g/mol. The van der Waals surface area contributed by atoms with Crippen molar-refractivity contribution in [2.45, 2.75) is 32.1 Å². The molecule has 0 radical (unpaired) electrons. The van der Waals surface area contributed by atoms with Gasteiger partial charge >= 0.3 is 5.97 Å². The lowest BCUT2D eigenvalue weighted by Crippen LogP contribution is -2.37. The number of hydrogen-bond acceptors (Lipinski definition) is 5. The first-order chi connectivity index (χ1) is 11.5. The summed E-state index contributed by atoms with van der Waals surface area (Å²) in [6, 6.07) is 4.21. The Hall–Kier alpha value is -1.75. The van der Waals surface area contributed by atoms with Gasteiger partial charge in [0.15, 0.2) is 0 Å². The number of ether oxygens (including phenoxy) is 3. The van der Waals surface area contributed by atoms with Crippen LogP contribution in [0.3, 0.4) is 0 Å². The minimum absolute atomic E-state index is 0.140. The number of methoxy groups -OCH3 is 3. The SMILES string of the molecule is CCc1c(OC)cc([C@H]2CN(C)CC[C@@H]2CC(=O)OC)cc1OC. The third kappa shape index (κ3) is 4.01. The first kappa shape index (κ1) is 18.6. The highest BCUT2D eigenvalue weighted by Crippen LogP contribution is 2.40. The molecule has 5 heteroatoms. The van der Waals surface area contributed by atoms with E-state index in [4.69, 9.17) is 14.2 Å². The number of carbonyl (C=O) groups is 1. The van der Waals surface area contributed by atoms with E-state index < -0.39 is 0 Å². The number of benzene rings is 1. The zero-order valence-electron chi connectivity index (χ0n) is 15.4. The molecule has 1 aliphatic rings. The van der Waals surface area contributed by atoms with Crippen molar-refractivity contribution in [3.8, 4) is 11.5 Å². The Morgan fingerprint density at radius 2 is 1.83 bits per heavy atom. The van der Waals surface area contributed by atoms with E-state index in [-0.39, 0.29) is 17.8 Å². The number of likely N-dealkylation sites (N-methyl/N-ethyl adjacent to an activating group) is 1. The highest BCUT2D eigenvalue weighted by molar-refractivity contribution is 5.69. The van der Waals surface area contributed by atoms with Crippen molar-refractivity contribution < 1.29 is 19.0 Å². The van der Waals surface area contributed by atoms with Gasteiger partial charge in [-0.05, 0) is 50.0 Å². The van der Waals surface area contributed by atoms with Crippen LogP contribution in [0.2, 0.25) is 0 Å². The van der Waals surface area contributed by atoms with E-state index in [1.165, 1.54) is 12.7 Å². The third-order valence-electron chi connectivity index (χ3n) is 5.03. The van der Waals surface area contributed by atoms with E-state index in [1.807, 2.05) is 0 Å². The van der Waals surface area contributed by atoms with Crippen LogP contribution in [0.1, 0.15) is 36.8 Å². The van der Waals surface area contributed by atoms with Crippen LogP contribution in [0.25, 0.3) is 0 Å². The second-order valence-electron chi connectivity index (χ2n) is 6.46. The lowest BCUT2D eigenvalue weighted by molar-refractivity contribution is -0.142.